The van der Waals surface area contributed by atoms with Gasteiger partial charge in [0.25, 0.3) is 0 Å². The minimum absolute atomic E-state index is 0.0868. The Hall–Kier alpha value is -0.630. The first-order valence-electron chi connectivity index (χ1n) is 3.98. The lowest BCUT2D eigenvalue weighted by Crippen LogP contribution is -1.91. The molecule has 1 N–H and O–H groups in total. The molecular weight excluding hydrogens is 140 g/mol. The van der Waals surface area contributed by atoms with Crippen LogP contribution in [0.2, 0.25) is 0 Å². The van der Waals surface area contributed by atoms with Gasteiger partial charge in [-0.3, -0.25) is 4.79 Å². The molecule has 0 aliphatic rings. The number of hydrogen-bond donors (Lipinski definition) is 1. The molecule has 0 aromatic rings. The van der Waals surface area contributed by atoms with Crippen LogP contribution in [-0.2, 0) is 4.79 Å². The van der Waals surface area contributed by atoms with E-state index in [0.29, 0.717) is 6.42 Å². The highest BCUT2D eigenvalue weighted by molar-refractivity contribution is 5.89. The highest BCUT2D eigenvalue weighted by Gasteiger charge is 1.94. The predicted molar refractivity (Wildman–Crippen MR) is 44.5 cm³/mol. The van der Waals surface area contributed by atoms with Gasteiger partial charge in [-0.25, -0.2) is 0 Å². The summed E-state index contributed by atoms with van der Waals surface area (Å²) in [4.78, 5) is 10.9. The van der Waals surface area contributed by atoms with Gasteiger partial charge in [-0.2, -0.15) is 0 Å². The first-order valence-corrected chi connectivity index (χ1v) is 3.98. The van der Waals surface area contributed by atoms with Crippen LogP contribution in [0.3, 0.4) is 0 Å². The molecule has 0 amide bonds. The van der Waals surface area contributed by atoms with E-state index in [1.54, 1.807) is 0 Å². The summed E-state index contributed by atoms with van der Waals surface area (Å²) in [6.07, 6.45) is 6.53. The molecule has 0 spiro atoms. The van der Waals surface area contributed by atoms with E-state index in [-0.39, 0.29) is 5.78 Å². The van der Waals surface area contributed by atoms with E-state index in [1.807, 2.05) is 0 Å². The second kappa shape index (κ2) is 7.48. The Morgan fingerprint density at radius 2 is 2.18 bits per heavy atom. The van der Waals surface area contributed by atoms with Gasteiger partial charge < -0.3 is 5.11 Å². The average molecular weight is 155 g/mol. The maximum atomic E-state index is 10.9. The molecule has 0 fully saturated rings. The van der Waals surface area contributed by atoms with Crippen molar-refractivity contribution >= 4 is 5.78 Å². The molecule has 11 heavy (non-hydrogen) atoms. The lowest BCUT2D eigenvalue weighted by Gasteiger charge is -1.92. The first kappa shape index (κ1) is 10.4. The van der Waals surface area contributed by atoms with Gasteiger partial charge in [-0.05, 0) is 18.6 Å². The fourth-order valence-electron chi connectivity index (χ4n) is 0.783. The summed E-state index contributed by atoms with van der Waals surface area (Å²) in [6.45, 7) is 2.97. The molecule has 0 heterocycles. The summed E-state index contributed by atoms with van der Waals surface area (Å²) >= 11 is 0. The lowest BCUT2D eigenvalue weighted by molar-refractivity contribution is -0.114. The van der Waals surface area contributed by atoms with Crippen LogP contribution in [0.25, 0.3) is 0 Å². The predicted octanol–water partition coefficient (Wildman–Crippen LogP) is 2.23. The number of rotatable bonds is 6. The van der Waals surface area contributed by atoms with E-state index in [4.69, 9.17) is 5.11 Å². The average Bonchev–Trinajstić information content (AvgIpc) is 2.01. The normalized spacial score (nSPS) is 10.7. The van der Waals surface area contributed by atoms with Gasteiger partial charge in [0, 0.05) is 6.42 Å². The van der Waals surface area contributed by atoms with Crippen molar-refractivity contribution in [2.24, 2.45) is 0 Å². The van der Waals surface area contributed by atoms with Crippen molar-refractivity contribution in [3.63, 3.8) is 0 Å². The Balaban J connectivity index is 3.30. The summed E-state index contributed by atoms with van der Waals surface area (Å²) in [5, 5.41) is 8.22. The second-order valence-electron chi connectivity index (χ2n) is 2.43. The number of ketones is 1. The Morgan fingerprint density at radius 1 is 1.45 bits per heavy atom. The molecule has 1 radical (unpaired) electrons. The number of aliphatic hydroxyl groups is 1. The van der Waals surface area contributed by atoms with Crippen LogP contribution in [0.4, 0.5) is 0 Å². The Labute approximate surface area is 67.9 Å². The van der Waals surface area contributed by atoms with Crippen LogP contribution >= 0.6 is 0 Å². The molecule has 0 aliphatic heterocycles. The van der Waals surface area contributed by atoms with Crippen LogP contribution < -0.4 is 0 Å². The largest absolute Gasteiger partial charge is 0.386 e. The third kappa shape index (κ3) is 7.26. The molecule has 0 aromatic heterocycles. The van der Waals surface area contributed by atoms with Crippen molar-refractivity contribution in [2.45, 2.75) is 32.6 Å². The molecule has 63 valence electrons. The fraction of sp³-hybridized carbons (Fsp3) is 0.556. The topological polar surface area (TPSA) is 37.3 Å². The molecule has 0 rings (SSSR count). The number of allylic oxidation sites excluding steroid dienone is 1. The van der Waals surface area contributed by atoms with Gasteiger partial charge in [0.1, 0.15) is 6.61 Å². The monoisotopic (exact) mass is 155 g/mol. The number of carbonyl (C=O) groups excluding carboxylic acids is 1. The highest BCUT2D eigenvalue weighted by atomic mass is 16.2. The van der Waals surface area contributed by atoms with Crippen LogP contribution in [0.1, 0.15) is 32.6 Å². The summed E-state index contributed by atoms with van der Waals surface area (Å²) < 4.78 is 0. The van der Waals surface area contributed by atoms with Crippen molar-refractivity contribution in [2.75, 3.05) is 0 Å². The first-order chi connectivity index (χ1) is 5.31. The van der Waals surface area contributed by atoms with E-state index in [1.165, 1.54) is 12.2 Å². The van der Waals surface area contributed by atoms with Gasteiger partial charge in [0.15, 0.2) is 5.78 Å². The summed E-state index contributed by atoms with van der Waals surface area (Å²) in [5.74, 6) is 0.0868. The zero-order valence-electron chi connectivity index (χ0n) is 6.92. The van der Waals surface area contributed by atoms with Crippen molar-refractivity contribution in [3.8, 4) is 0 Å². The summed E-state index contributed by atoms with van der Waals surface area (Å²) in [6, 6.07) is 0. The van der Waals surface area contributed by atoms with Crippen LogP contribution in [0.15, 0.2) is 12.2 Å². The molecule has 2 nitrogen and oxygen atoms in total. The number of carbonyl (C=O) groups is 1. The second-order valence-corrected chi connectivity index (χ2v) is 2.43. The van der Waals surface area contributed by atoms with Crippen molar-refractivity contribution < 1.29 is 9.90 Å². The molecule has 0 aromatic carbocycles. The van der Waals surface area contributed by atoms with Gasteiger partial charge in [-0.15, -0.1) is 0 Å². The van der Waals surface area contributed by atoms with Gasteiger partial charge in [0.05, 0.1) is 0 Å². The lowest BCUT2D eigenvalue weighted by atomic mass is 10.1. The standard InChI is InChI=1S/C9H15O2/c1-2-3-4-6-9(11)7-5-8-10/h5,7-8,10H,2-4,6H2,1H3/b7-5+. The van der Waals surface area contributed by atoms with Crippen LogP contribution in [0, 0.1) is 6.61 Å². The van der Waals surface area contributed by atoms with Gasteiger partial charge in [-0.1, -0.05) is 19.8 Å². The molecule has 0 bridgehead atoms. The maximum absolute atomic E-state index is 10.9. The maximum Gasteiger partial charge on any atom is 0.155 e. The van der Waals surface area contributed by atoms with E-state index in [0.717, 1.165) is 25.9 Å². The Morgan fingerprint density at radius 3 is 2.73 bits per heavy atom. The summed E-state index contributed by atoms with van der Waals surface area (Å²) in [7, 11) is 0. The molecule has 0 atom stereocenters. The third-order valence-electron chi connectivity index (χ3n) is 1.39. The SMILES string of the molecule is CCCCCC(=O)/C=C/[CH]O. The molecule has 0 unspecified atom stereocenters. The number of hydrogen-bond acceptors (Lipinski definition) is 2. The minimum Gasteiger partial charge on any atom is -0.386 e. The zero-order chi connectivity index (χ0) is 8.53. The quantitative estimate of drug-likeness (QED) is 0.471. The van der Waals surface area contributed by atoms with Gasteiger partial charge in [0.2, 0.25) is 0 Å². The highest BCUT2D eigenvalue weighted by Crippen LogP contribution is 2.00. The molecule has 2 heteroatoms. The molecule has 0 saturated heterocycles. The minimum atomic E-state index is 0.0868. The van der Waals surface area contributed by atoms with E-state index >= 15 is 0 Å². The van der Waals surface area contributed by atoms with E-state index < -0.39 is 0 Å². The Kier molecular flexibility index (Phi) is 7.05. The molecular formula is C9H15O2. The fourth-order valence-corrected chi connectivity index (χ4v) is 0.783. The van der Waals surface area contributed by atoms with Crippen LogP contribution in [-0.4, -0.2) is 10.9 Å². The number of unbranched alkanes of at least 4 members (excludes halogenated alkanes) is 2. The summed E-state index contributed by atoms with van der Waals surface area (Å²) in [5.41, 5.74) is 0. The van der Waals surface area contributed by atoms with Crippen LogP contribution in [0.5, 0.6) is 0 Å². The Bertz CT molecular complexity index is 128. The smallest absolute Gasteiger partial charge is 0.155 e. The van der Waals surface area contributed by atoms with E-state index in [2.05, 4.69) is 6.92 Å². The van der Waals surface area contributed by atoms with Crippen molar-refractivity contribution in [3.05, 3.63) is 18.8 Å². The molecule has 0 saturated carbocycles. The van der Waals surface area contributed by atoms with Crippen molar-refractivity contribution in [1.82, 2.24) is 0 Å². The zero-order valence-corrected chi connectivity index (χ0v) is 6.92. The van der Waals surface area contributed by atoms with Gasteiger partial charge >= 0.3 is 0 Å². The van der Waals surface area contributed by atoms with Crippen molar-refractivity contribution in [1.29, 1.82) is 0 Å². The molecule has 0 aliphatic carbocycles. The van der Waals surface area contributed by atoms with E-state index in [9.17, 15) is 4.79 Å². The third-order valence-corrected chi connectivity index (χ3v) is 1.39. The number of aliphatic hydroxyl groups excluding tert-OH is 1.